The number of rotatable bonds is 7. The Morgan fingerprint density at radius 1 is 1.07 bits per heavy atom. The van der Waals surface area contributed by atoms with Crippen LogP contribution in [-0.2, 0) is 4.74 Å². The smallest absolute Gasteiger partial charge is 0.318 e. The summed E-state index contributed by atoms with van der Waals surface area (Å²) in [5, 5.41) is 4.47. The Kier molecular flexibility index (Phi) is 7.82. The van der Waals surface area contributed by atoms with Gasteiger partial charge in [-0.05, 0) is 63.7 Å². The number of piperidine rings is 4. The number of nitrogens with two attached hydrogens (primary N) is 1. The Morgan fingerprint density at radius 3 is 2.57 bits per heavy atom. The minimum atomic E-state index is 0.0801. The van der Waals surface area contributed by atoms with E-state index in [1.165, 1.54) is 24.6 Å². The van der Waals surface area contributed by atoms with Gasteiger partial charge in [0.15, 0.2) is 5.82 Å². The molecule has 13 heteroatoms. The van der Waals surface area contributed by atoms with Crippen LogP contribution in [-0.4, -0.2) is 87.4 Å². The predicted octanol–water partition coefficient (Wildman–Crippen LogP) is 4.02. The average molecular weight is 610 g/mol. The van der Waals surface area contributed by atoms with Crippen LogP contribution in [0, 0.1) is 11.3 Å². The number of nitrogens with one attached hydrogen (secondary N) is 1. The fourth-order valence-corrected chi connectivity index (χ4v) is 7.68. The van der Waals surface area contributed by atoms with Crippen LogP contribution in [0.3, 0.4) is 0 Å². The van der Waals surface area contributed by atoms with Gasteiger partial charge < -0.3 is 25.4 Å². The fourth-order valence-electron chi connectivity index (χ4n) is 6.65. The van der Waals surface area contributed by atoms with E-state index in [0.29, 0.717) is 28.6 Å². The minimum absolute atomic E-state index is 0.0801. The van der Waals surface area contributed by atoms with Crippen molar-refractivity contribution in [2.45, 2.75) is 60.8 Å². The van der Waals surface area contributed by atoms with Crippen LogP contribution in [0.1, 0.15) is 32.6 Å². The van der Waals surface area contributed by atoms with Gasteiger partial charge in [-0.25, -0.2) is 19.9 Å². The van der Waals surface area contributed by atoms with Crippen LogP contribution < -0.4 is 20.7 Å². The predicted molar refractivity (Wildman–Crippen MR) is 162 cm³/mol. The van der Waals surface area contributed by atoms with Crippen LogP contribution in [0.25, 0.3) is 0 Å². The number of pyridine rings is 1. The lowest BCUT2D eigenvalue weighted by atomic mass is 9.73. The standard InChI is InChI=1S/C29H36ClN9O2S/c1-18-26(31)29(17-40-18)6-12-39(13-7-29)23-14-35-24(15-34-23)42-21-2-8-32-27(25(21)30)36-22-3-9-33-28(37-22)41-20-16-38-10-4-19(20)5-11-38/h2-3,8-9,14-15,18-20,26H,4-7,10-13,16-17,31H2,1H3,(H,32,33,36,37)/t18-,20-,26+/m0/s1. The normalized spacial score (nSPS) is 28.3. The molecule has 3 atom stereocenters. The van der Waals surface area contributed by atoms with Gasteiger partial charge in [0.2, 0.25) is 0 Å². The first-order valence-electron chi connectivity index (χ1n) is 14.7. The topological polar surface area (TPSA) is 127 Å². The van der Waals surface area contributed by atoms with E-state index in [1.807, 2.05) is 12.3 Å². The van der Waals surface area contributed by atoms with Gasteiger partial charge in [-0.1, -0.05) is 23.4 Å². The maximum Gasteiger partial charge on any atom is 0.318 e. The average Bonchev–Trinajstić information content (AvgIpc) is 3.29. The van der Waals surface area contributed by atoms with Crippen LogP contribution in [0.4, 0.5) is 17.5 Å². The highest BCUT2D eigenvalue weighted by Crippen LogP contribution is 2.42. The van der Waals surface area contributed by atoms with Crippen molar-refractivity contribution >= 4 is 40.8 Å². The number of nitrogens with zero attached hydrogens (tertiary/aromatic N) is 7. The molecule has 3 aromatic heterocycles. The molecule has 5 aliphatic heterocycles. The molecule has 3 aromatic rings. The monoisotopic (exact) mass is 609 g/mol. The summed E-state index contributed by atoms with van der Waals surface area (Å²) in [4.78, 5) is 28.3. The third-order valence-corrected chi connectivity index (χ3v) is 10.8. The molecule has 0 radical (unpaired) electrons. The van der Waals surface area contributed by atoms with Crippen molar-refractivity contribution in [3.8, 4) is 6.01 Å². The summed E-state index contributed by atoms with van der Waals surface area (Å²) in [6.07, 6.45) is 11.6. The fraction of sp³-hybridized carbons (Fsp3) is 0.552. The quantitative estimate of drug-likeness (QED) is 0.401. The molecule has 8 heterocycles. The summed E-state index contributed by atoms with van der Waals surface area (Å²) < 4.78 is 12.1. The summed E-state index contributed by atoms with van der Waals surface area (Å²) in [7, 11) is 0. The number of anilines is 3. The number of hydrogen-bond acceptors (Lipinski definition) is 12. The van der Waals surface area contributed by atoms with Gasteiger partial charge in [0.25, 0.3) is 0 Å². The van der Waals surface area contributed by atoms with E-state index in [9.17, 15) is 0 Å². The highest BCUT2D eigenvalue weighted by atomic mass is 35.5. The Morgan fingerprint density at radius 2 is 1.88 bits per heavy atom. The van der Waals surface area contributed by atoms with Gasteiger partial charge in [-0.15, -0.1) is 0 Å². The lowest BCUT2D eigenvalue weighted by Gasteiger charge is -2.43. The molecule has 3 N–H and O–H groups in total. The molecule has 5 aliphatic rings. The first-order valence-corrected chi connectivity index (χ1v) is 15.9. The first-order chi connectivity index (χ1) is 20.5. The van der Waals surface area contributed by atoms with Crippen molar-refractivity contribution in [1.29, 1.82) is 0 Å². The third kappa shape index (κ3) is 5.62. The largest absolute Gasteiger partial charge is 0.458 e. The van der Waals surface area contributed by atoms with E-state index in [1.54, 1.807) is 24.7 Å². The Hall–Kier alpha value is -2.77. The molecule has 11 nitrogen and oxygen atoms in total. The van der Waals surface area contributed by atoms with E-state index in [-0.39, 0.29) is 23.7 Å². The molecule has 2 bridgehead atoms. The van der Waals surface area contributed by atoms with Crippen LogP contribution >= 0.6 is 23.4 Å². The molecule has 1 spiro atoms. The Labute approximate surface area is 255 Å². The molecule has 0 unspecified atom stereocenters. The number of ether oxygens (including phenoxy) is 2. The van der Waals surface area contributed by atoms with Crippen molar-refractivity contribution < 1.29 is 9.47 Å². The van der Waals surface area contributed by atoms with Gasteiger partial charge in [-0.2, -0.15) is 4.98 Å². The van der Waals surface area contributed by atoms with Crippen molar-refractivity contribution in [2.75, 3.05) is 49.5 Å². The second kappa shape index (κ2) is 11.7. The van der Waals surface area contributed by atoms with Crippen molar-refractivity contribution in [3.63, 3.8) is 0 Å². The van der Waals surface area contributed by atoms with E-state index in [0.717, 1.165) is 67.9 Å². The number of halogens is 1. The van der Waals surface area contributed by atoms with E-state index < -0.39 is 0 Å². The van der Waals surface area contributed by atoms with Crippen molar-refractivity contribution in [2.24, 2.45) is 17.1 Å². The molecular weight excluding hydrogens is 574 g/mol. The second-order valence-electron chi connectivity index (χ2n) is 11.8. The van der Waals surface area contributed by atoms with Gasteiger partial charge in [-0.3, -0.25) is 4.90 Å². The minimum Gasteiger partial charge on any atom is -0.458 e. The maximum atomic E-state index is 6.78. The zero-order valence-corrected chi connectivity index (χ0v) is 25.2. The van der Waals surface area contributed by atoms with Crippen LogP contribution in [0.5, 0.6) is 6.01 Å². The number of hydrogen-bond donors (Lipinski definition) is 2. The van der Waals surface area contributed by atoms with Gasteiger partial charge >= 0.3 is 6.01 Å². The second-order valence-corrected chi connectivity index (χ2v) is 13.3. The number of aromatic nitrogens is 5. The molecule has 0 saturated carbocycles. The summed E-state index contributed by atoms with van der Waals surface area (Å²) in [5.41, 5.74) is 6.56. The molecule has 0 aromatic carbocycles. The molecule has 5 saturated heterocycles. The lowest BCUT2D eigenvalue weighted by molar-refractivity contribution is -0.0122. The van der Waals surface area contributed by atoms with Crippen molar-refractivity contribution in [3.05, 3.63) is 41.9 Å². The molecule has 8 rings (SSSR count). The van der Waals surface area contributed by atoms with Gasteiger partial charge in [0.1, 0.15) is 22.8 Å². The van der Waals surface area contributed by atoms with Gasteiger partial charge in [0.05, 0.1) is 30.1 Å². The van der Waals surface area contributed by atoms with E-state index in [4.69, 9.17) is 31.8 Å². The third-order valence-electron chi connectivity index (χ3n) is 9.35. The van der Waals surface area contributed by atoms with Crippen LogP contribution in [0.2, 0.25) is 5.02 Å². The Balaban J connectivity index is 0.977. The summed E-state index contributed by atoms with van der Waals surface area (Å²) in [6.45, 7) is 7.86. The molecule has 0 aliphatic carbocycles. The molecule has 5 fully saturated rings. The zero-order valence-electron chi connectivity index (χ0n) is 23.7. The highest BCUT2D eigenvalue weighted by Gasteiger charge is 2.47. The Bertz CT molecular complexity index is 1400. The zero-order chi connectivity index (χ0) is 28.7. The molecule has 0 amide bonds. The molecule has 42 heavy (non-hydrogen) atoms. The molecular formula is C29H36ClN9O2S. The summed E-state index contributed by atoms with van der Waals surface area (Å²) in [5.74, 6) is 2.52. The maximum absolute atomic E-state index is 6.78. The SMILES string of the molecule is C[C@@H]1OCC2(CCN(c3cnc(Sc4ccnc(Nc5ccnc(O[C@H]6CN7CCC6CC7)n5)c4Cl)cn3)CC2)[C@@H]1N. The lowest BCUT2D eigenvalue weighted by Crippen LogP contribution is -2.52. The summed E-state index contributed by atoms with van der Waals surface area (Å²) in [6, 6.07) is 4.11. The van der Waals surface area contributed by atoms with Crippen molar-refractivity contribution in [1.82, 2.24) is 29.8 Å². The first kappa shape index (κ1) is 28.0. The molecule has 222 valence electrons. The van der Waals surface area contributed by atoms with E-state index in [2.05, 4.69) is 42.0 Å². The van der Waals surface area contributed by atoms with Crippen LogP contribution in [0.15, 0.2) is 46.8 Å². The highest BCUT2D eigenvalue weighted by molar-refractivity contribution is 7.99. The van der Waals surface area contributed by atoms with E-state index >= 15 is 0 Å². The van der Waals surface area contributed by atoms with Gasteiger partial charge in [0, 0.05) is 48.4 Å². The summed E-state index contributed by atoms with van der Waals surface area (Å²) >= 11 is 8.22. The number of fused-ring (bicyclic) bond motifs is 3.